The van der Waals surface area contributed by atoms with Gasteiger partial charge in [0.2, 0.25) is 0 Å². The quantitative estimate of drug-likeness (QED) is 0.822. The molecule has 3 N–H and O–H groups in total. The fourth-order valence-electron chi connectivity index (χ4n) is 3.21. The van der Waals surface area contributed by atoms with E-state index in [2.05, 4.69) is 53.8 Å². The Labute approximate surface area is 139 Å². The molecule has 0 unspecified atom stereocenters. The van der Waals surface area contributed by atoms with Crippen LogP contribution in [0.4, 0.5) is 5.69 Å². The van der Waals surface area contributed by atoms with Gasteiger partial charge in [0.25, 0.3) is 0 Å². The van der Waals surface area contributed by atoms with Crippen molar-refractivity contribution in [2.75, 3.05) is 5.32 Å². The third-order valence-corrected chi connectivity index (χ3v) is 4.54. The third kappa shape index (κ3) is 4.25. The molecule has 0 spiro atoms. The first-order valence-electron chi connectivity index (χ1n) is 7.96. The highest BCUT2D eigenvalue weighted by molar-refractivity contribution is 5.85. The molecule has 3 rings (SSSR count). The Bertz CT molecular complexity index is 547. The van der Waals surface area contributed by atoms with Gasteiger partial charge in [0, 0.05) is 18.3 Å². The Kier molecular flexibility index (Phi) is 6.29. The van der Waals surface area contributed by atoms with E-state index in [4.69, 9.17) is 5.73 Å². The van der Waals surface area contributed by atoms with Gasteiger partial charge in [-0.25, -0.2) is 0 Å². The van der Waals surface area contributed by atoms with Crippen LogP contribution >= 0.6 is 12.4 Å². The van der Waals surface area contributed by atoms with Crippen molar-refractivity contribution in [2.45, 2.75) is 38.3 Å². The Morgan fingerprint density at radius 1 is 0.955 bits per heavy atom. The van der Waals surface area contributed by atoms with Crippen LogP contribution in [0.1, 0.15) is 42.9 Å². The van der Waals surface area contributed by atoms with Crippen molar-refractivity contribution in [1.29, 1.82) is 0 Å². The summed E-state index contributed by atoms with van der Waals surface area (Å²) in [4.78, 5) is 0. The molecule has 1 atom stereocenters. The van der Waals surface area contributed by atoms with Crippen LogP contribution in [0.5, 0.6) is 0 Å². The Balaban J connectivity index is 0.00000176. The second kappa shape index (κ2) is 8.21. The number of anilines is 1. The SMILES string of the molecule is Cl.N[C@@H](c1ccc(NCc2ccccc2)cc1)C1CCCC1. The second-order valence-corrected chi connectivity index (χ2v) is 6.03. The van der Waals surface area contributed by atoms with Gasteiger partial charge in [0.05, 0.1) is 0 Å². The van der Waals surface area contributed by atoms with Crippen LogP contribution in [0.15, 0.2) is 54.6 Å². The maximum atomic E-state index is 6.39. The lowest BCUT2D eigenvalue weighted by Crippen LogP contribution is -2.18. The van der Waals surface area contributed by atoms with Gasteiger partial charge < -0.3 is 11.1 Å². The van der Waals surface area contributed by atoms with Gasteiger partial charge in [-0.15, -0.1) is 12.4 Å². The summed E-state index contributed by atoms with van der Waals surface area (Å²) in [7, 11) is 0. The lowest BCUT2D eigenvalue weighted by atomic mass is 9.92. The third-order valence-electron chi connectivity index (χ3n) is 4.54. The smallest absolute Gasteiger partial charge is 0.0400 e. The fraction of sp³-hybridized carbons (Fsp3) is 0.368. The summed E-state index contributed by atoms with van der Waals surface area (Å²) in [6, 6.07) is 19.3. The molecule has 0 amide bonds. The van der Waals surface area contributed by atoms with Crippen LogP contribution in [0, 0.1) is 5.92 Å². The van der Waals surface area contributed by atoms with Crippen LogP contribution in [-0.4, -0.2) is 0 Å². The van der Waals surface area contributed by atoms with Gasteiger partial charge in [-0.1, -0.05) is 55.3 Å². The predicted octanol–water partition coefficient (Wildman–Crippen LogP) is 4.91. The van der Waals surface area contributed by atoms with Gasteiger partial charge in [-0.3, -0.25) is 0 Å². The molecule has 0 bridgehead atoms. The monoisotopic (exact) mass is 316 g/mol. The zero-order chi connectivity index (χ0) is 14.5. The van der Waals surface area contributed by atoms with E-state index in [1.807, 2.05) is 6.07 Å². The zero-order valence-electron chi connectivity index (χ0n) is 12.9. The Morgan fingerprint density at radius 2 is 1.59 bits per heavy atom. The molecule has 1 saturated carbocycles. The summed E-state index contributed by atoms with van der Waals surface area (Å²) in [6.45, 7) is 0.856. The molecule has 3 heteroatoms. The van der Waals surface area contributed by atoms with Crippen molar-refractivity contribution in [3.63, 3.8) is 0 Å². The molecule has 1 aliphatic carbocycles. The lowest BCUT2D eigenvalue weighted by Gasteiger charge is -2.19. The highest BCUT2D eigenvalue weighted by atomic mass is 35.5. The molecule has 118 valence electrons. The average molecular weight is 317 g/mol. The van der Waals surface area contributed by atoms with Crippen LogP contribution in [0.3, 0.4) is 0 Å². The maximum Gasteiger partial charge on any atom is 0.0400 e. The van der Waals surface area contributed by atoms with Gasteiger partial charge in [0.15, 0.2) is 0 Å². The second-order valence-electron chi connectivity index (χ2n) is 6.03. The molecule has 22 heavy (non-hydrogen) atoms. The number of benzene rings is 2. The van der Waals surface area contributed by atoms with Crippen LogP contribution < -0.4 is 11.1 Å². The first-order valence-corrected chi connectivity index (χ1v) is 7.96. The predicted molar refractivity (Wildman–Crippen MR) is 96.3 cm³/mol. The highest BCUT2D eigenvalue weighted by Crippen LogP contribution is 2.34. The highest BCUT2D eigenvalue weighted by Gasteiger charge is 2.22. The largest absolute Gasteiger partial charge is 0.381 e. The maximum absolute atomic E-state index is 6.39. The van der Waals surface area contributed by atoms with E-state index >= 15 is 0 Å². The molecular weight excluding hydrogens is 292 g/mol. The molecule has 2 aromatic rings. The molecule has 0 saturated heterocycles. The van der Waals surface area contributed by atoms with E-state index < -0.39 is 0 Å². The van der Waals surface area contributed by atoms with Crippen molar-refractivity contribution in [3.05, 3.63) is 65.7 Å². The normalized spacial score (nSPS) is 16.0. The lowest BCUT2D eigenvalue weighted by molar-refractivity contribution is 0.445. The minimum Gasteiger partial charge on any atom is -0.381 e. The number of halogens is 1. The minimum absolute atomic E-state index is 0. The first kappa shape index (κ1) is 16.9. The van der Waals surface area contributed by atoms with Crippen molar-refractivity contribution in [3.8, 4) is 0 Å². The van der Waals surface area contributed by atoms with Gasteiger partial charge in [-0.2, -0.15) is 0 Å². The van der Waals surface area contributed by atoms with Crippen molar-refractivity contribution >= 4 is 18.1 Å². The standard InChI is InChI=1S/C19H24N2.ClH/c20-19(16-8-4-5-9-16)17-10-12-18(13-11-17)21-14-15-6-2-1-3-7-15;/h1-3,6-7,10-13,16,19,21H,4-5,8-9,14,20H2;1H/t19-;/m1./s1. The molecule has 0 aliphatic heterocycles. The van der Waals surface area contributed by atoms with Crippen LogP contribution in [0.25, 0.3) is 0 Å². The van der Waals surface area contributed by atoms with E-state index in [0.717, 1.165) is 12.2 Å². The molecule has 0 radical (unpaired) electrons. The van der Waals surface area contributed by atoms with Gasteiger partial charge in [-0.05, 0) is 42.0 Å². The van der Waals surface area contributed by atoms with E-state index in [1.54, 1.807) is 0 Å². The fourth-order valence-corrected chi connectivity index (χ4v) is 3.21. The van der Waals surface area contributed by atoms with E-state index in [9.17, 15) is 0 Å². The van der Waals surface area contributed by atoms with Crippen molar-refractivity contribution < 1.29 is 0 Å². The Hall–Kier alpha value is -1.51. The average Bonchev–Trinajstić information content (AvgIpc) is 3.08. The van der Waals surface area contributed by atoms with Crippen molar-refractivity contribution in [2.24, 2.45) is 11.7 Å². The minimum atomic E-state index is 0. The molecular formula is C19H25ClN2. The summed E-state index contributed by atoms with van der Waals surface area (Å²) >= 11 is 0. The molecule has 2 aromatic carbocycles. The number of rotatable bonds is 5. The van der Waals surface area contributed by atoms with E-state index in [0.29, 0.717) is 5.92 Å². The molecule has 2 nitrogen and oxygen atoms in total. The first-order chi connectivity index (χ1) is 10.3. The molecule has 0 heterocycles. The summed E-state index contributed by atoms with van der Waals surface area (Å²) in [5.74, 6) is 0.674. The van der Waals surface area contributed by atoms with Crippen molar-refractivity contribution in [1.82, 2.24) is 0 Å². The summed E-state index contributed by atoms with van der Waals surface area (Å²) in [6.07, 6.45) is 5.26. The number of hydrogen-bond donors (Lipinski definition) is 2. The number of nitrogens with two attached hydrogens (primary N) is 1. The molecule has 1 fully saturated rings. The van der Waals surface area contributed by atoms with E-state index in [-0.39, 0.29) is 18.4 Å². The van der Waals surface area contributed by atoms with Crippen LogP contribution in [-0.2, 0) is 6.54 Å². The summed E-state index contributed by atoms with van der Waals surface area (Å²) in [5, 5.41) is 3.46. The summed E-state index contributed by atoms with van der Waals surface area (Å²) < 4.78 is 0. The number of hydrogen-bond acceptors (Lipinski definition) is 2. The van der Waals surface area contributed by atoms with Gasteiger partial charge >= 0.3 is 0 Å². The van der Waals surface area contributed by atoms with Gasteiger partial charge in [0.1, 0.15) is 0 Å². The zero-order valence-corrected chi connectivity index (χ0v) is 13.7. The van der Waals surface area contributed by atoms with E-state index in [1.165, 1.54) is 36.8 Å². The molecule has 1 aliphatic rings. The molecule has 0 aromatic heterocycles. The Morgan fingerprint density at radius 3 is 2.23 bits per heavy atom. The number of nitrogens with one attached hydrogen (secondary N) is 1. The summed E-state index contributed by atoms with van der Waals surface area (Å²) in [5.41, 5.74) is 10.1. The topological polar surface area (TPSA) is 38.0 Å². The van der Waals surface area contributed by atoms with Crippen LogP contribution in [0.2, 0.25) is 0 Å².